The lowest BCUT2D eigenvalue weighted by Gasteiger charge is -2.27. The van der Waals surface area contributed by atoms with Gasteiger partial charge in [-0.25, -0.2) is 0 Å². The maximum absolute atomic E-state index is 13.1. The van der Waals surface area contributed by atoms with Gasteiger partial charge >= 0.3 is 0 Å². The highest BCUT2D eigenvalue weighted by atomic mass is 79.9. The van der Waals surface area contributed by atoms with Crippen molar-refractivity contribution < 1.29 is 14.7 Å². The second-order valence-electron chi connectivity index (χ2n) is 7.48. The standard InChI is InChI=1S/C24H25BrN2O3/c1-26(2)14-7-15-27-22(18-10-6-11-19(25)16-18)21(23(29)24(27)30)20(28)13-12-17-8-4-3-5-9-17/h3-6,8-13,16,22,29H,7,14-15H2,1-2H3/b13-12+. The number of halogens is 1. The fraction of sp³-hybridized carbons (Fsp3) is 0.250. The minimum Gasteiger partial charge on any atom is -0.503 e. The molecule has 5 nitrogen and oxygen atoms in total. The van der Waals surface area contributed by atoms with Crippen molar-refractivity contribution in [3.8, 4) is 0 Å². The zero-order chi connectivity index (χ0) is 21.7. The molecule has 2 aromatic carbocycles. The Hall–Kier alpha value is -2.70. The van der Waals surface area contributed by atoms with Gasteiger partial charge < -0.3 is 14.9 Å². The molecule has 0 spiro atoms. The van der Waals surface area contributed by atoms with Crippen LogP contribution < -0.4 is 0 Å². The number of rotatable bonds is 8. The third-order valence-electron chi connectivity index (χ3n) is 4.96. The van der Waals surface area contributed by atoms with Gasteiger partial charge in [-0.2, -0.15) is 0 Å². The normalized spacial score (nSPS) is 16.9. The number of benzene rings is 2. The molecule has 0 fully saturated rings. The Morgan fingerprint density at radius 2 is 1.90 bits per heavy atom. The van der Waals surface area contributed by atoms with Crippen LogP contribution in [-0.2, 0) is 9.59 Å². The Balaban J connectivity index is 1.94. The van der Waals surface area contributed by atoms with Gasteiger partial charge in [-0.1, -0.05) is 64.5 Å². The minimum absolute atomic E-state index is 0.120. The number of carbonyl (C=O) groups excluding carboxylic acids is 2. The van der Waals surface area contributed by atoms with E-state index in [9.17, 15) is 14.7 Å². The van der Waals surface area contributed by atoms with Crippen LogP contribution in [-0.4, -0.2) is 53.8 Å². The lowest BCUT2D eigenvalue weighted by molar-refractivity contribution is -0.129. The molecule has 0 bridgehead atoms. The molecule has 1 aliphatic rings. The van der Waals surface area contributed by atoms with Gasteiger partial charge in [0.25, 0.3) is 5.91 Å². The van der Waals surface area contributed by atoms with E-state index in [1.165, 1.54) is 6.08 Å². The molecule has 30 heavy (non-hydrogen) atoms. The van der Waals surface area contributed by atoms with E-state index in [0.29, 0.717) is 6.54 Å². The topological polar surface area (TPSA) is 60.9 Å². The molecule has 1 atom stereocenters. The summed E-state index contributed by atoms with van der Waals surface area (Å²) in [7, 11) is 3.94. The van der Waals surface area contributed by atoms with Gasteiger partial charge in [0.05, 0.1) is 11.6 Å². The van der Waals surface area contributed by atoms with Crippen molar-refractivity contribution in [3.63, 3.8) is 0 Å². The van der Waals surface area contributed by atoms with Crippen LogP contribution in [0.2, 0.25) is 0 Å². The highest BCUT2D eigenvalue weighted by Gasteiger charge is 2.42. The molecule has 0 saturated heterocycles. The molecule has 3 rings (SSSR count). The summed E-state index contributed by atoms with van der Waals surface area (Å²) in [5.74, 6) is -1.34. The van der Waals surface area contributed by atoms with Crippen molar-refractivity contribution >= 4 is 33.7 Å². The number of allylic oxidation sites excluding steroid dienone is 1. The Kier molecular flexibility index (Phi) is 7.24. The van der Waals surface area contributed by atoms with Crippen molar-refractivity contribution in [2.24, 2.45) is 0 Å². The first kappa shape index (κ1) is 22.0. The molecular formula is C24H25BrN2O3. The Bertz CT molecular complexity index is 983. The molecule has 156 valence electrons. The van der Waals surface area contributed by atoms with E-state index in [4.69, 9.17) is 0 Å². The van der Waals surface area contributed by atoms with Gasteiger partial charge in [0, 0.05) is 11.0 Å². The maximum Gasteiger partial charge on any atom is 0.290 e. The number of aliphatic hydroxyl groups is 1. The fourth-order valence-corrected chi connectivity index (χ4v) is 3.96. The Morgan fingerprint density at radius 1 is 1.17 bits per heavy atom. The van der Waals surface area contributed by atoms with Crippen molar-refractivity contribution in [1.82, 2.24) is 9.80 Å². The third kappa shape index (κ3) is 5.07. The lowest BCUT2D eigenvalue weighted by atomic mass is 9.95. The summed E-state index contributed by atoms with van der Waals surface area (Å²) in [6.07, 6.45) is 3.85. The molecule has 0 saturated carbocycles. The van der Waals surface area contributed by atoms with Crippen molar-refractivity contribution in [1.29, 1.82) is 0 Å². The highest BCUT2D eigenvalue weighted by molar-refractivity contribution is 9.10. The molecule has 6 heteroatoms. The number of hydrogen-bond donors (Lipinski definition) is 1. The van der Waals surface area contributed by atoms with Gasteiger partial charge in [-0.3, -0.25) is 9.59 Å². The SMILES string of the molecule is CN(C)CCCN1C(=O)C(O)=C(C(=O)/C=C/c2ccccc2)C1c1cccc(Br)c1. The predicted octanol–water partition coefficient (Wildman–Crippen LogP) is 4.38. The van der Waals surface area contributed by atoms with Crippen molar-refractivity contribution in [3.05, 3.63) is 87.6 Å². The summed E-state index contributed by atoms with van der Waals surface area (Å²) in [5, 5.41) is 10.6. The Morgan fingerprint density at radius 3 is 2.57 bits per heavy atom. The third-order valence-corrected chi connectivity index (χ3v) is 5.46. The van der Waals surface area contributed by atoms with Crippen molar-refractivity contribution in [2.45, 2.75) is 12.5 Å². The second-order valence-corrected chi connectivity index (χ2v) is 8.40. The number of carbonyl (C=O) groups is 2. The summed E-state index contributed by atoms with van der Waals surface area (Å²) in [5.41, 5.74) is 1.77. The van der Waals surface area contributed by atoms with Gasteiger partial charge in [-0.05, 0) is 56.4 Å². The van der Waals surface area contributed by atoms with Crippen LogP contribution in [0.4, 0.5) is 0 Å². The van der Waals surface area contributed by atoms with Crippen molar-refractivity contribution in [2.75, 3.05) is 27.2 Å². The zero-order valence-corrected chi connectivity index (χ0v) is 18.7. The maximum atomic E-state index is 13.1. The molecule has 1 N–H and O–H groups in total. The minimum atomic E-state index is -0.620. The van der Waals surface area contributed by atoms with Crippen LogP contribution in [0.1, 0.15) is 23.6 Å². The summed E-state index contributed by atoms with van der Waals surface area (Å²) < 4.78 is 0.846. The lowest BCUT2D eigenvalue weighted by Crippen LogP contribution is -2.33. The van der Waals surface area contributed by atoms with E-state index in [0.717, 1.165) is 28.6 Å². The molecule has 0 aromatic heterocycles. The summed E-state index contributed by atoms with van der Waals surface area (Å²) in [6.45, 7) is 1.24. The molecule has 1 amide bonds. The smallest absolute Gasteiger partial charge is 0.290 e. The fourth-order valence-electron chi connectivity index (χ4n) is 3.54. The Labute approximate surface area is 185 Å². The highest BCUT2D eigenvalue weighted by Crippen LogP contribution is 2.38. The number of ketones is 1. The number of aliphatic hydroxyl groups excluding tert-OH is 1. The summed E-state index contributed by atoms with van der Waals surface area (Å²) >= 11 is 3.46. The monoisotopic (exact) mass is 468 g/mol. The second kappa shape index (κ2) is 9.87. The van der Waals surface area contributed by atoms with Crippen LogP contribution in [0.5, 0.6) is 0 Å². The average Bonchev–Trinajstić information content (AvgIpc) is 2.97. The summed E-state index contributed by atoms with van der Waals surface area (Å²) in [4.78, 5) is 29.5. The van der Waals surface area contributed by atoms with Crippen LogP contribution in [0, 0.1) is 0 Å². The molecule has 1 unspecified atom stereocenters. The van der Waals surface area contributed by atoms with Crippen LogP contribution in [0.25, 0.3) is 6.08 Å². The zero-order valence-electron chi connectivity index (χ0n) is 17.1. The van der Waals surface area contributed by atoms with E-state index in [2.05, 4.69) is 15.9 Å². The van der Waals surface area contributed by atoms with Crippen LogP contribution in [0.3, 0.4) is 0 Å². The molecule has 1 heterocycles. The molecule has 1 aliphatic heterocycles. The average molecular weight is 469 g/mol. The number of nitrogens with zero attached hydrogens (tertiary/aromatic N) is 2. The van der Waals surface area contributed by atoms with Gasteiger partial charge in [0.2, 0.25) is 0 Å². The molecule has 0 aliphatic carbocycles. The first-order valence-corrected chi connectivity index (χ1v) is 10.6. The van der Waals surface area contributed by atoms with Crippen LogP contribution >= 0.6 is 15.9 Å². The van der Waals surface area contributed by atoms with Gasteiger partial charge in [0.1, 0.15) is 0 Å². The van der Waals surface area contributed by atoms with Gasteiger partial charge in [-0.15, -0.1) is 0 Å². The van der Waals surface area contributed by atoms with E-state index in [-0.39, 0.29) is 11.4 Å². The number of hydrogen-bond acceptors (Lipinski definition) is 4. The summed E-state index contributed by atoms with van der Waals surface area (Å²) in [6, 6.07) is 16.3. The first-order valence-electron chi connectivity index (χ1n) is 9.80. The van der Waals surface area contributed by atoms with Crippen LogP contribution in [0.15, 0.2) is 76.5 Å². The quantitative estimate of drug-likeness (QED) is 0.583. The van der Waals surface area contributed by atoms with E-state index in [1.807, 2.05) is 73.6 Å². The number of amides is 1. The predicted molar refractivity (Wildman–Crippen MR) is 122 cm³/mol. The van der Waals surface area contributed by atoms with E-state index in [1.54, 1.807) is 11.0 Å². The largest absolute Gasteiger partial charge is 0.503 e. The molecule has 0 radical (unpaired) electrons. The van der Waals surface area contributed by atoms with E-state index < -0.39 is 17.7 Å². The first-order chi connectivity index (χ1) is 14.4. The molecule has 2 aromatic rings. The molecular weight excluding hydrogens is 444 g/mol. The van der Waals surface area contributed by atoms with E-state index >= 15 is 0 Å². The van der Waals surface area contributed by atoms with Gasteiger partial charge in [0.15, 0.2) is 11.5 Å².